The molecule has 0 radical (unpaired) electrons. The quantitative estimate of drug-likeness (QED) is 0.656. The molecule has 142 valence electrons. The third-order valence-corrected chi connectivity index (χ3v) is 5.04. The van der Waals surface area contributed by atoms with Crippen LogP contribution in [0, 0.1) is 0 Å². The van der Waals surface area contributed by atoms with Crippen molar-refractivity contribution in [1.82, 2.24) is 4.98 Å². The van der Waals surface area contributed by atoms with Crippen molar-refractivity contribution >= 4 is 46.0 Å². The van der Waals surface area contributed by atoms with Crippen molar-refractivity contribution in [3.63, 3.8) is 0 Å². The number of carbonyl (C=O) groups excluding carboxylic acids is 1. The van der Waals surface area contributed by atoms with Gasteiger partial charge in [-0.15, -0.1) is 0 Å². The predicted octanol–water partition coefficient (Wildman–Crippen LogP) is 4.08. The zero-order valence-electron chi connectivity index (χ0n) is 15.3. The summed E-state index contributed by atoms with van der Waals surface area (Å²) in [5.74, 6) is 0.757. The van der Waals surface area contributed by atoms with Gasteiger partial charge in [0.15, 0.2) is 0 Å². The number of anilines is 2. The van der Waals surface area contributed by atoms with Crippen molar-refractivity contribution in [2.24, 2.45) is 5.73 Å². The van der Waals surface area contributed by atoms with Gasteiger partial charge in [0.1, 0.15) is 5.82 Å². The van der Waals surface area contributed by atoms with Crippen molar-refractivity contribution in [2.45, 2.75) is 12.5 Å². The minimum Gasteiger partial charge on any atom is -0.355 e. The first kappa shape index (κ1) is 18.5. The molecule has 1 saturated heterocycles. The Labute approximate surface area is 168 Å². The van der Waals surface area contributed by atoms with Crippen LogP contribution < -0.4 is 16.0 Å². The van der Waals surface area contributed by atoms with Gasteiger partial charge in [-0.05, 0) is 60.5 Å². The highest BCUT2D eigenvalue weighted by Gasteiger charge is 2.20. The van der Waals surface area contributed by atoms with Crippen molar-refractivity contribution in [3.8, 4) is 0 Å². The number of hydrogen-bond acceptors (Lipinski definition) is 4. The van der Waals surface area contributed by atoms with Crippen LogP contribution in [0.25, 0.3) is 17.0 Å². The fourth-order valence-corrected chi connectivity index (χ4v) is 3.42. The summed E-state index contributed by atoms with van der Waals surface area (Å²) in [5, 5.41) is 4.53. The molecule has 2 aromatic carbocycles. The molecule has 0 spiro atoms. The molecular weight excluding hydrogens is 372 g/mol. The molecule has 2 heterocycles. The van der Waals surface area contributed by atoms with Gasteiger partial charge in [-0.25, -0.2) is 4.98 Å². The monoisotopic (exact) mass is 392 g/mol. The zero-order valence-corrected chi connectivity index (χ0v) is 16.1. The maximum absolute atomic E-state index is 12.2. The minimum atomic E-state index is -0.190. The largest absolute Gasteiger partial charge is 0.355 e. The lowest BCUT2D eigenvalue weighted by molar-refractivity contribution is -0.111. The highest BCUT2D eigenvalue weighted by atomic mass is 35.5. The average molecular weight is 393 g/mol. The fraction of sp³-hybridized carbons (Fsp3) is 0.182. The van der Waals surface area contributed by atoms with Crippen molar-refractivity contribution in [2.75, 3.05) is 23.3 Å². The number of nitrogens with two attached hydrogens (primary N) is 1. The van der Waals surface area contributed by atoms with Crippen molar-refractivity contribution in [3.05, 3.63) is 71.3 Å². The molecule has 1 unspecified atom stereocenters. The topological polar surface area (TPSA) is 71.2 Å². The summed E-state index contributed by atoms with van der Waals surface area (Å²) in [6, 6.07) is 17.3. The molecule has 6 heteroatoms. The van der Waals surface area contributed by atoms with Crippen LogP contribution in [0.3, 0.4) is 0 Å². The van der Waals surface area contributed by atoms with Gasteiger partial charge in [-0.2, -0.15) is 0 Å². The summed E-state index contributed by atoms with van der Waals surface area (Å²) in [6.45, 7) is 1.78. The van der Waals surface area contributed by atoms with Crippen molar-refractivity contribution in [1.29, 1.82) is 0 Å². The second-order valence-corrected chi connectivity index (χ2v) is 7.38. The third-order valence-electron chi connectivity index (χ3n) is 4.79. The van der Waals surface area contributed by atoms with Crippen LogP contribution in [0.4, 0.5) is 11.5 Å². The van der Waals surface area contributed by atoms with Gasteiger partial charge in [0.05, 0.1) is 5.52 Å². The Morgan fingerprint density at radius 2 is 2.00 bits per heavy atom. The van der Waals surface area contributed by atoms with E-state index in [9.17, 15) is 4.79 Å². The molecule has 3 N–H and O–H groups in total. The van der Waals surface area contributed by atoms with Gasteiger partial charge in [-0.1, -0.05) is 23.7 Å². The van der Waals surface area contributed by atoms with Gasteiger partial charge in [0, 0.05) is 41.3 Å². The van der Waals surface area contributed by atoms with Gasteiger partial charge in [0.25, 0.3) is 0 Å². The number of amides is 1. The molecule has 1 atom stereocenters. The molecule has 1 aliphatic heterocycles. The van der Waals surface area contributed by atoms with Crippen LogP contribution in [0.2, 0.25) is 5.02 Å². The van der Waals surface area contributed by atoms with Crippen LogP contribution >= 0.6 is 11.6 Å². The normalized spacial score (nSPS) is 16.8. The SMILES string of the molecule is NC1CCN(c2ccc3cc(NC(=O)C=Cc4ccc(Cl)cc4)ccc3n2)C1. The van der Waals surface area contributed by atoms with E-state index in [4.69, 9.17) is 22.3 Å². The zero-order chi connectivity index (χ0) is 19.5. The van der Waals surface area contributed by atoms with E-state index in [0.29, 0.717) is 5.02 Å². The number of carbonyl (C=O) groups is 1. The van der Waals surface area contributed by atoms with Gasteiger partial charge < -0.3 is 16.0 Å². The van der Waals surface area contributed by atoms with Crippen LogP contribution in [0.15, 0.2) is 60.7 Å². The van der Waals surface area contributed by atoms with E-state index < -0.39 is 0 Å². The van der Waals surface area contributed by atoms with Crippen LogP contribution in [-0.2, 0) is 4.79 Å². The molecule has 0 bridgehead atoms. The number of rotatable bonds is 4. The van der Waals surface area contributed by atoms with E-state index in [-0.39, 0.29) is 11.9 Å². The number of hydrogen-bond donors (Lipinski definition) is 2. The summed E-state index contributed by atoms with van der Waals surface area (Å²) >= 11 is 5.87. The van der Waals surface area contributed by atoms with Gasteiger partial charge in [-0.3, -0.25) is 4.79 Å². The molecule has 0 aliphatic carbocycles. The number of pyridine rings is 1. The molecule has 3 aromatic rings. The molecule has 5 nitrogen and oxygen atoms in total. The average Bonchev–Trinajstić information content (AvgIpc) is 3.13. The Morgan fingerprint density at radius 1 is 1.18 bits per heavy atom. The van der Waals surface area contributed by atoms with Crippen LogP contribution in [0.5, 0.6) is 0 Å². The minimum absolute atomic E-state index is 0.190. The maximum Gasteiger partial charge on any atom is 0.248 e. The second-order valence-electron chi connectivity index (χ2n) is 6.95. The number of fused-ring (bicyclic) bond motifs is 1. The lowest BCUT2D eigenvalue weighted by Gasteiger charge is -2.17. The molecule has 1 fully saturated rings. The Morgan fingerprint density at radius 3 is 2.75 bits per heavy atom. The number of nitrogens with zero attached hydrogens (tertiary/aromatic N) is 2. The van der Waals surface area contributed by atoms with E-state index in [1.165, 1.54) is 6.08 Å². The van der Waals surface area contributed by atoms with E-state index in [1.807, 2.05) is 42.5 Å². The summed E-state index contributed by atoms with van der Waals surface area (Å²) in [6.07, 6.45) is 4.25. The van der Waals surface area contributed by atoms with Gasteiger partial charge in [0.2, 0.25) is 5.91 Å². The number of nitrogens with one attached hydrogen (secondary N) is 1. The number of halogens is 1. The van der Waals surface area contributed by atoms with Crippen LogP contribution in [0.1, 0.15) is 12.0 Å². The number of aromatic nitrogens is 1. The summed E-state index contributed by atoms with van der Waals surface area (Å²) in [4.78, 5) is 19.1. The van der Waals surface area contributed by atoms with E-state index in [0.717, 1.165) is 47.5 Å². The lowest BCUT2D eigenvalue weighted by atomic mass is 10.2. The molecule has 28 heavy (non-hydrogen) atoms. The predicted molar refractivity (Wildman–Crippen MR) is 116 cm³/mol. The molecular formula is C22H21ClN4O. The first-order valence-corrected chi connectivity index (χ1v) is 9.60. The third kappa shape index (κ3) is 4.32. The lowest BCUT2D eigenvalue weighted by Crippen LogP contribution is -2.26. The molecule has 0 saturated carbocycles. The molecule has 1 aliphatic rings. The van der Waals surface area contributed by atoms with Gasteiger partial charge >= 0.3 is 0 Å². The van der Waals surface area contributed by atoms with E-state index in [2.05, 4.69) is 10.2 Å². The Kier molecular flexibility index (Phi) is 5.28. The van der Waals surface area contributed by atoms with E-state index in [1.54, 1.807) is 18.2 Å². The van der Waals surface area contributed by atoms with Crippen LogP contribution in [-0.4, -0.2) is 30.0 Å². The Hall–Kier alpha value is -2.89. The smallest absolute Gasteiger partial charge is 0.248 e. The second kappa shape index (κ2) is 8.00. The first-order chi connectivity index (χ1) is 13.6. The molecule has 1 amide bonds. The standard InChI is InChI=1S/C22H21ClN4O/c23-17-5-1-15(2-6-17)3-10-22(28)25-19-7-8-20-16(13-19)4-9-21(26-20)27-12-11-18(24)14-27/h1-10,13,18H,11-12,14,24H2,(H,25,28). The molecule has 4 rings (SSSR count). The summed E-state index contributed by atoms with van der Waals surface area (Å²) in [7, 11) is 0. The number of benzene rings is 2. The maximum atomic E-state index is 12.2. The Bertz CT molecular complexity index is 1030. The summed E-state index contributed by atoms with van der Waals surface area (Å²) in [5.41, 5.74) is 8.53. The highest BCUT2D eigenvalue weighted by molar-refractivity contribution is 6.30. The fourth-order valence-electron chi connectivity index (χ4n) is 3.29. The molecule has 1 aromatic heterocycles. The Balaban J connectivity index is 1.45. The highest BCUT2D eigenvalue weighted by Crippen LogP contribution is 2.23. The van der Waals surface area contributed by atoms with E-state index >= 15 is 0 Å². The van der Waals surface area contributed by atoms with Crippen molar-refractivity contribution < 1.29 is 4.79 Å². The summed E-state index contributed by atoms with van der Waals surface area (Å²) < 4.78 is 0. The first-order valence-electron chi connectivity index (χ1n) is 9.23.